The zero-order chi connectivity index (χ0) is 7.98. The summed E-state index contributed by atoms with van der Waals surface area (Å²) in [6, 6.07) is 0. The fraction of sp³-hybridized carbons (Fsp3) is 0.286. The van der Waals surface area contributed by atoms with Crippen LogP contribution in [0.2, 0.25) is 0 Å². The lowest BCUT2D eigenvalue weighted by molar-refractivity contribution is -0.127. The number of carbonyl (C=O) groups is 1. The summed E-state index contributed by atoms with van der Waals surface area (Å²) in [6.07, 6.45) is 2.04. The number of carbonyl (C=O) groups excluding carboxylic acids is 1. The Morgan fingerprint density at radius 3 is 2.70 bits per heavy atom. The minimum atomic E-state index is -0.504. The molecule has 1 unspecified atom stereocenters. The first-order valence-electron chi connectivity index (χ1n) is 2.90. The summed E-state index contributed by atoms with van der Waals surface area (Å²) in [5.74, 6) is -0.227. The standard InChI is InChI=1S/C7H11NO2/c1-4-8-7(9)6(3)10-5-2/h4-6H,1-2H2,3H3,(H,8,9). The number of hydrogen-bond donors (Lipinski definition) is 1. The van der Waals surface area contributed by atoms with E-state index >= 15 is 0 Å². The van der Waals surface area contributed by atoms with Crippen LogP contribution in [0.15, 0.2) is 25.6 Å². The van der Waals surface area contributed by atoms with Gasteiger partial charge in [0.1, 0.15) is 0 Å². The van der Waals surface area contributed by atoms with Crippen molar-refractivity contribution in [2.75, 3.05) is 0 Å². The van der Waals surface area contributed by atoms with E-state index in [9.17, 15) is 4.79 Å². The fourth-order valence-corrected chi connectivity index (χ4v) is 0.424. The molecule has 1 N–H and O–H groups in total. The Balaban J connectivity index is 3.68. The lowest BCUT2D eigenvalue weighted by Crippen LogP contribution is -2.29. The predicted octanol–water partition coefficient (Wildman–Crippen LogP) is 0.795. The predicted molar refractivity (Wildman–Crippen MR) is 39.1 cm³/mol. The van der Waals surface area contributed by atoms with Crippen LogP contribution >= 0.6 is 0 Å². The molecule has 0 aromatic carbocycles. The molecule has 0 fully saturated rings. The topological polar surface area (TPSA) is 38.3 Å². The van der Waals surface area contributed by atoms with Crippen LogP contribution in [0, 0.1) is 0 Å². The van der Waals surface area contributed by atoms with Gasteiger partial charge in [0.05, 0.1) is 6.26 Å². The van der Waals surface area contributed by atoms with Gasteiger partial charge in [-0.15, -0.1) is 0 Å². The number of amides is 1. The third kappa shape index (κ3) is 2.91. The third-order valence-corrected chi connectivity index (χ3v) is 0.914. The molecule has 0 rings (SSSR count). The molecule has 0 aliphatic rings. The van der Waals surface area contributed by atoms with Crippen molar-refractivity contribution in [3.8, 4) is 0 Å². The molecular formula is C7H11NO2. The summed E-state index contributed by atoms with van der Waals surface area (Å²) in [6.45, 7) is 8.27. The van der Waals surface area contributed by atoms with Crippen molar-refractivity contribution < 1.29 is 9.53 Å². The minimum Gasteiger partial charge on any atom is -0.489 e. The SMILES string of the molecule is C=CNC(=O)C(C)OC=C. The Morgan fingerprint density at radius 1 is 1.70 bits per heavy atom. The second kappa shape index (κ2) is 4.61. The largest absolute Gasteiger partial charge is 0.489 e. The molecule has 0 saturated carbocycles. The van der Waals surface area contributed by atoms with Crippen LogP contribution in [-0.4, -0.2) is 12.0 Å². The van der Waals surface area contributed by atoms with Gasteiger partial charge in [0.25, 0.3) is 5.91 Å². The van der Waals surface area contributed by atoms with Crippen LogP contribution in [0.4, 0.5) is 0 Å². The van der Waals surface area contributed by atoms with Gasteiger partial charge in [0.2, 0.25) is 0 Å². The summed E-state index contributed by atoms with van der Waals surface area (Å²) in [5.41, 5.74) is 0. The molecule has 3 nitrogen and oxygen atoms in total. The fourth-order valence-electron chi connectivity index (χ4n) is 0.424. The first kappa shape index (κ1) is 8.75. The van der Waals surface area contributed by atoms with Gasteiger partial charge >= 0.3 is 0 Å². The summed E-state index contributed by atoms with van der Waals surface area (Å²) < 4.78 is 4.76. The van der Waals surface area contributed by atoms with E-state index in [0.717, 1.165) is 0 Å². The molecule has 0 aromatic heterocycles. The zero-order valence-corrected chi connectivity index (χ0v) is 5.96. The van der Waals surface area contributed by atoms with E-state index in [4.69, 9.17) is 4.74 Å². The molecule has 0 spiro atoms. The van der Waals surface area contributed by atoms with Crippen molar-refractivity contribution in [1.29, 1.82) is 0 Å². The quantitative estimate of drug-likeness (QED) is 0.588. The average Bonchev–Trinajstić information content (AvgIpc) is 1.89. The smallest absolute Gasteiger partial charge is 0.264 e. The minimum absolute atomic E-state index is 0.227. The highest BCUT2D eigenvalue weighted by molar-refractivity contribution is 5.81. The zero-order valence-electron chi connectivity index (χ0n) is 5.96. The summed E-state index contributed by atoms with van der Waals surface area (Å²) in [7, 11) is 0. The Morgan fingerprint density at radius 2 is 2.30 bits per heavy atom. The van der Waals surface area contributed by atoms with E-state index in [1.807, 2.05) is 0 Å². The van der Waals surface area contributed by atoms with Crippen molar-refractivity contribution in [2.24, 2.45) is 0 Å². The molecule has 0 aliphatic carbocycles. The van der Waals surface area contributed by atoms with Gasteiger partial charge in [0.15, 0.2) is 6.10 Å². The van der Waals surface area contributed by atoms with Gasteiger partial charge in [0, 0.05) is 0 Å². The lowest BCUT2D eigenvalue weighted by Gasteiger charge is -2.07. The molecule has 0 aromatic rings. The first-order valence-corrected chi connectivity index (χ1v) is 2.90. The molecule has 1 amide bonds. The van der Waals surface area contributed by atoms with Crippen LogP contribution in [0.1, 0.15) is 6.92 Å². The van der Waals surface area contributed by atoms with Gasteiger partial charge in [-0.25, -0.2) is 0 Å². The lowest BCUT2D eigenvalue weighted by atomic mass is 10.4. The molecule has 0 radical (unpaired) electrons. The molecule has 0 heterocycles. The van der Waals surface area contributed by atoms with E-state index in [1.165, 1.54) is 12.5 Å². The molecule has 56 valence electrons. The van der Waals surface area contributed by atoms with Crippen LogP contribution in [0.5, 0.6) is 0 Å². The van der Waals surface area contributed by atoms with Crippen LogP contribution < -0.4 is 5.32 Å². The van der Waals surface area contributed by atoms with Crippen molar-refractivity contribution in [3.05, 3.63) is 25.6 Å². The van der Waals surface area contributed by atoms with E-state index in [1.54, 1.807) is 6.92 Å². The maximum absolute atomic E-state index is 10.8. The third-order valence-electron chi connectivity index (χ3n) is 0.914. The Kier molecular flexibility index (Phi) is 4.04. The summed E-state index contributed by atoms with van der Waals surface area (Å²) in [5, 5.41) is 2.38. The highest BCUT2D eigenvalue weighted by Gasteiger charge is 2.09. The summed E-state index contributed by atoms with van der Waals surface area (Å²) in [4.78, 5) is 10.8. The summed E-state index contributed by atoms with van der Waals surface area (Å²) >= 11 is 0. The van der Waals surface area contributed by atoms with Crippen molar-refractivity contribution in [2.45, 2.75) is 13.0 Å². The van der Waals surface area contributed by atoms with Crippen LogP contribution in [-0.2, 0) is 9.53 Å². The molecular weight excluding hydrogens is 130 g/mol. The monoisotopic (exact) mass is 141 g/mol. The molecule has 0 saturated heterocycles. The first-order chi connectivity index (χ1) is 4.72. The highest BCUT2D eigenvalue weighted by atomic mass is 16.5. The second-order valence-electron chi connectivity index (χ2n) is 1.66. The molecule has 1 atom stereocenters. The van der Waals surface area contributed by atoms with Crippen LogP contribution in [0.25, 0.3) is 0 Å². The average molecular weight is 141 g/mol. The van der Waals surface area contributed by atoms with E-state index < -0.39 is 6.10 Å². The molecule has 0 bridgehead atoms. The highest BCUT2D eigenvalue weighted by Crippen LogP contribution is 1.89. The maximum Gasteiger partial charge on any atom is 0.264 e. The van der Waals surface area contributed by atoms with Gasteiger partial charge in [-0.3, -0.25) is 4.79 Å². The number of ether oxygens (including phenoxy) is 1. The van der Waals surface area contributed by atoms with Crippen molar-refractivity contribution >= 4 is 5.91 Å². The Bertz CT molecular complexity index is 143. The van der Waals surface area contributed by atoms with E-state index in [-0.39, 0.29) is 5.91 Å². The normalized spacial score (nSPS) is 11.3. The Labute approximate surface area is 60.4 Å². The van der Waals surface area contributed by atoms with E-state index in [0.29, 0.717) is 0 Å². The van der Waals surface area contributed by atoms with Gasteiger partial charge < -0.3 is 10.1 Å². The molecule has 3 heteroatoms. The van der Waals surface area contributed by atoms with Crippen molar-refractivity contribution in [1.82, 2.24) is 5.32 Å². The maximum atomic E-state index is 10.8. The van der Waals surface area contributed by atoms with Gasteiger partial charge in [-0.1, -0.05) is 13.2 Å². The van der Waals surface area contributed by atoms with Crippen molar-refractivity contribution in [3.63, 3.8) is 0 Å². The second-order valence-corrected chi connectivity index (χ2v) is 1.66. The van der Waals surface area contributed by atoms with Gasteiger partial charge in [-0.2, -0.15) is 0 Å². The number of rotatable bonds is 4. The number of hydrogen-bond acceptors (Lipinski definition) is 2. The molecule has 0 aliphatic heterocycles. The Hall–Kier alpha value is -1.25. The van der Waals surface area contributed by atoms with E-state index in [2.05, 4.69) is 18.5 Å². The van der Waals surface area contributed by atoms with Crippen LogP contribution in [0.3, 0.4) is 0 Å². The molecule has 10 heavy (non-hydrogen) atoms. The van der Waals surface area contributed by atoms with Gasteiger partial charge in [-0.05, 0) is 13.1 Å². The number of nitrogens with one attached hydrogen (secondary N) is 1.